The topological polar surface area (TPSA) is 30.9 Å². The summed E-state index contributed by atoms with van der Waals surface area (Å²) in [6, 6.07) is 0.594. The molecule has 4 nitrogen and oxygen atoms in total. The molecule has 0 aromatic carbocycles. The Balaban J connectivity index is 0.00000242. The van der Waals surface area contributed by atoms with Gasteiger partial charge in [0.1, 0.15) is 0 Å². The van der Waals surface area contributed by atoms with Crippen LogP contribution in [0.3, 0.4) is 0 Å². The molecule has 0 aromatic heterocycles. The van der Waals surface area contributed by atoms with Crippen LogP contribution in [0.1, 0.15) is 46.5 Å². The number of hydrogen-bond donors (Lipinski definition) is 1. The monoisotopic (exact) mass is 422 g/mol. The quantitative estimate of drug-likeness (QED) is 0.431. The molecule has 2 heterocycles. The largest absolute Gasteiger partial charge is 0.355 e. The third-order valence-electron chi connectivity index (χ3n) is 5.17. The zero-order chi connectivity index (χ0) is 15.2. The molecular weight excluding hydrogens is 387 g/mol. The Morgan fingerprint density at radius 1 is 1.14 bits per heavy atom. The van der Waals surface area contributed by atoms with E-state index in [1.807, 2.05) is 7.05 Å². The minimum Gasteiger partial charge on any atom is -0.355 e. The average molecular weight is 422 g/mol. The highest BCUT2D eigenvalue weighted by Crippen LogP contribution is 2.18. The molecule has 5 heteroatoms. The van der Waals surface area contributed by atoms with Crippen molar-refractivity contribution in [3.8, 4) is 0 Å². The summed E-state index contributed by atoms with van der Waals surface area (Å²) in [6.45, 7) is 12.9. The van der Waals surface area contributed by atoms with Crippen molar-refractivity contribution in [1.82, 2.24) is 15.1 Å². The third-order valence-corrected chi connectivity index (χ3v) is 5.17. The van der Waals surface area contributed by atoms with E-state index >= 15 is 0 Å². The number of nitrogens with zero attached hydrogens (tertiary/aromatic N) is 3. The summed E-state index contributed by atoms with van der Waals surface area (Å²) >= 11 is 0. The number of rotatable bonds is 3. The molecule has 0 aliphatic carbocycles. The van der Waals surface area contributed by atoms with E-state index in [4.69, 9.17) is 0 Å². The minimum atomic E-state index is 0. The Morgan fingerprint density at radius 2 is 1.82 bits per heavy atom. The Kier molecular flexibility index (Phi) is 9.05. The lowest BCUT2D eigenvalue weighted by molar-refractivity contribution is 0.146. The summed E-state index contributed by atoms with van der Waals surface area (Å²) in [5.74, 6) is 2.79. The van der Waals surface area contributed by atoms with Crippen LogP contribution in [-0.2, 0) is 0 Å². The summed E-state index contributed by atoms with van der Waals surface area (Å²) in [4.78, 5) is 9.54. The second kappa shape index (κ2) is 9.96. The molecule has 2 aliphatic heterocycles. The van der Waals surface area contributed by atoms with Crippen molar-refractivity contribution in [2.45, 2.75) is 52.5 Å². The van der Waals surface area contributed by atoms with E-state index in [2.05, 4.69) is 40.9 Å². The van der Waals surface area contributed by atoms with Crippen LogP contribution < -0.4 is 5.32 Å². The van der Waals surface area contributed by atoms with Gasteiger partial charge in [0.15, 0.2) is 5.96 Å². The van der Waals surface area contributed by atoms with Crippen LogP contribution in [0.5, 0.6) is 0 Å². The Bertz CT molecular complexity index is 340. The Morgan fingerprint density at radius 3 is 2.41 bits per heavy atom. The van der Waals surface area contributed by atoms with E-state index in [1.54, 1.807) is 0 Å². The third kappa shape index (κ3) is 5.87. The van der Waals surface area contributed by atoms with E-state index in [0.29, 0.717) is 6.04 Å². The van der Waals surface area contributed by atoms with Gasteiger partial charge >= 0.3 is 0 Å². The highest BCUT2D eigenvalue weighted by molar-refractivity contribution is 14.0. The lowest BCUT2D eigenvalue weighted by Crippen LogP contribution is -2.51. The lowest BCUT2D eigenvalue weighted by atomic mass is 9.98. The summed E-state index contributed by atoms with van der Waals surface area (Å²) in [5.41, 5.74) is 0. The number of hydrogen-bond acceptors (Lipinski definition) is 2. The molecule has 2 unspecified atom stereocenters. The first-order chi connectivity index (χ1) is 10.1. The molecule has 0 bridgehead atoms. The number of piperidine rings is 2. The number of halogens is 1. The molecule has 1 N–H and O–H groups in total. The van der Waals surface area contributed by atoms with Gasteiger partial charge in [-0.25, -0.2) is 0 Å². The molecule has 2 atom stereocenters. The van der Waals surface area contributed by atoms with Crippen molar-refractivity contribution >= 4 is 29.9 Å². The van der Waals surface area contributed by atoms with Crippen molar-refractivity contribution in [3.63, 3.8) is 0 Å². The van der Waals surface area contributed by atoms with Crippen molar-refractivity contribution in [3.05, 3.63) is 0 Å². The van der Waals surface area contributed by atoms with Gasteiger partial charge in [0.25, 0.3) is 0 Å². The fourth-order valence-corrected chi connectivity index (χ4v) is 3.55. The first-order valence-electron chi connectivity index (χ1n) is 8.79. The van der Waals surface area contributed by atoms with E-state index in [-0.39, 0.29) is 24.0 Å². The zero-order valence-electron chi connectivity index (χ0n) is 14.8. The molecule has 2 fully saturated rings. The van der Waals surface area contributed by atoms with Gasteiger partial charge in [-0.2, -0.15) is 0 Å². The van der Waals surface area contributed by atoms with Gasteiger partial charge in [0.05, 0.1) is 0 Å². The van der Waals surface area contributed by atoms with Gasteiger partial charge in [0, 0.05) is 32.7 Å². The fraction of sp³-hybridized carbons (Fsp3) is 0.941. The standard InChI is InChI=1S/C17H34N4.HI/c1-14-7-10-20(11-8-14)16(3)12-19-17(18-4)21-9-5-6-15(2)13-21;/h14-16H,5-13H2,1-4H3,(H,18,19);1H. The van der Waals surface area contributed by atoms with Crippen molar-refractivity contribution in [1.29, 1.82) is 0 Å². The highest BCUT2D eigenvalue weighted by Gasteiger charge is 2.22. The SMILES string of the molecule is CN=C(NCC(C)N1CCC(C)CC1)N1CCCC(C)C1.I. The second-order valence-corrected chi connectivity index (χ2v) is 7.19. The maximum absolute atomic E-state index is 4.49. The smallest absolute Gasteiger partial charge is 0.193 e. The average Bonchev–Trinajstić information content (AvgIpc) is 2.48. The maximum atomic E-state index is 4.49. The number of guanidine groups is 1. The first-order valence-corrected chi connectivity index (χ1v) is 8.79. The Hall–Kier alpha value is -0.0400. The van der Waals surface area contributed by atoms with Gasteiger partial charge in [-0.05, 0) is 57.5 Å². The fourth-order valence-electron chi connectivity index (χ4n) is 3.55. The second-order valence-electron chi connectivity index (χ2n) is 7.19. The molecule has 0 spiro atoms. The molecule has 22 heavy (non-hydrogen) atoms. The summed E-state index contributed by atoms with van der Waals surface area (Å²) in [6.07, 6.45) is 5.35. The predicted octanol–water partition coefficient (Wildman–Crippen LogP) is 3.03. The minimum absolute atomic E-state index is 0. The number of nitrogens with one attached hydrogen (secondary N) is 1. The summed E-state index contributed by atoms with van der Waals surface area (Å²) in [5, 5.41) is 3.60. The van der Waals surface area contributed by atoms with Crippen LogP contribution in [0, 0.1) is 11.8 Å². The van der Waals surface area contributed by atoms with Crippen molar-refractivity contribution < 1.29 is 0 Å². The van der Waals surface area contributed by atoms with Gasteiger partial charge < -0.3 is 10.2 Å². The van der Waals surface area contributed by atoms with E-state index < -0.39 is 0 Å². The van der Waals surface area contributed by atoms with E-state index in [1.165, 1.54) is 38.8 Å². The van der Waals surface area contributed by atoms with Crippen molar-refractivity contribution in [2.75, 3.05) is 39.8 Å². The molecule has 2 aliphatic rings. The molecular formula is C17H35IN4. The van der Waals surface area contributed by atoms with Gasteiger partial charge in [0.2, 0.25) is 0 Å². The molecule has 0 saturated carbocycles. The van der Waals surface area contributed by atoms with Crippen LogP contribution in [0.15, 0.2) is 4.99 Å². The van der Waals surface area contributed by atoms with E-state index in [0.717, 1.165) is 37.4 Å². The lowest BCUT2D eigenvalue weighted by Gasteiger charge is -2.37. The van der Waals surface area contributed by atoms with Gasteiger partial charge in [-0.3, -0.25) is 9.89 Å². The van der Waals surface area contributed by atoms with E-state index in [9.17, 15) is 0 Å². The number of likely N-dealkylation sites (tertiary alicyclic amines) is 2. The zero-order valence-corrected chi connectivity index (χ0v) is 17.2. The first kappa shape index (κ1) is 20.0. The molecule has 0 amide bonds. The number of aliphatic imine (C=N–C) groups is 1. The summed E-state index contributed by atoms with van der Waals surface area (Å²) in [7, 11) is 1.91. The summed E-state index contributed by atoms with van der Waals surface area (Å²) < 4.78 is 0. The maximum Gasteiger partial charge on any atom is 0.193 e. The molecule has 2 rings (SSSR count). The van der Waals surface area contributed by atoms with Crippen LogP contribution in [-0.4, -0.2) is 61.6 Å². The van der Waals surface area contributed by atoms with Crippen LogP contribution in [0.25, 0.3) is 0 Å². The van der Waals surface area contributed by atoms with Gasteiger partial charge in [-0.15, -0.1) is 24.0 Å². The predicted molar refractivity (Wildman–Crippen MR) is 106 cm³/mol. The Labute approximate surface area is 154 Å². The molecule has 130 valence electrons. The normalized spacial score (nSPS) is 26.5. The highest BCUT2D eigenvalue weighted by atomic mass is 127. The molecule has 0 radical (unpaired) electrons. The van der Waals surface area contributed by atoms with Crippen molar-refractivity contribution in [2.24, 2.45) is 16.8 Å². The van der Waals surface area contributed by atoms with Crippen LogP contribution >= 0.6 is 24.0 Å². The molecule has 0 aromatic rings. The molecule has 2 saturated heterocycles. The van der Waals surface area contributed by atoms with Crippen LogP contribution in [0.4, 0.5) is 0 Å². The van der Waals surface area contributed by atoms with Gasteiger partial charge in [-0.1, -0.05) is 13.8 Å². The van der Waals surface area contributed by atoms with Crippen LogP contribution in [0.2, 0.25) is 0 Å².